The Bertz CT molecular complexity index is 473. The summed E-state index contributed by atoms with van der Waals surface area (Å²) < 4.78 is 5.72. The Morgan fingerprint density at radius 3 is 2.91 bits per heavy atom. The molecule has 0 fully saturated rings. The van der Waals surface area contributed by atoms with Crippen molar-refractivity contribution in [3.63, 3.8) is 0 Å². The van der Waals surface area contributed by atoms with Crippen LogP contribution in [0.4, 0.5) is 0 Å². The van der Waals surface area contributed by atoms with Crippen LogP contribution in [0.3, 0.4) is 0 Å². The van der Waals surface area contributed by atoms with Gasteiger partial charge in [0.25, 0.3) is 0 Å². The lowest BCUT2D eigenvalue weighted by Gasteiger charge is -2.25. The van der Waals surface area contributed by atoms with E-state index in [1.54, 1.807) is 0 Å². The van der Waals surface area contributed by atoms with Crippen LogP contribution in [0, 0.1) is 0 Å². The molecule has 0 saturated carbocycles. The lowest BCUT2D eigenvalue weighted by Crippen LogP contribution is -2.38. The highest BCUT2D eigenvalue weighted by Crippen LogP contribution is 2.33. The van der Waals surface area contributed by atoms with Gasteiger partial charge < -0.3 is 15.4 Å². The number of nitrogens with one attached hydrogen (secondary N) is 2. The van der Waals surface area contributed by atoms with Gasteiger partial charge in [0.2, 0.25) is 0 Å². The third-order valence-electron chi connectivity index (χ3n) is 3.97. The van der Waals surface area contributed by atoms with Crippen molar-refractivity contribution in [3.05, 3.63) is 29.8 Å². The maximum Gasteiger partial charge on any atom is 0.191 e. The molecule has 4 heteroatoms. The SMILES string of the molecule is CCCCCNC(=NCC1CCOc2ccccc21)NCC. The molecule has 0 saturated heterocycles. The number of hydrogen-bond donors (Lipinski definition) is 2. The van der Waals surface area contributed by atoms with E-state index in [1.807, 2.05) is 6.07 Å². The number of ether oxygens (including phenoxy) is 1. The van der Waals surface area contributed by atoms with E-state index >= 15 is 0 Å². The van der Waals surface area contributed by atoms with Gasteiger partial charge in [0.15, 0.2) is 5.96 Å². The number of benzene rings is 1. The van der Waals surface area contributed by atoms with E-state index in [9.17, 15) is 0 Å². The van der Waals surface area contributed by atoms with Crippen LogP contribution in [-0.4, -0.2) is 32.2 Å². The van der Waals surface area contributed by atoms with Gasteiger partial charge in [-0.05, 0) is 31.4 Å². The summed E-state index contributed by atoms with van der Waals surface area (Å²) in [6.45, 7) is 7.81. The molecule has 4 nitrogen and oxygen atoms in total. The zero-order valence-electron chi connectivity index (χ0n) is 13.9. The maximum atomic E-state index is 5.72. The van der Waals surface area contributed by atoms with Gasteiger partial charge in [0.1, 0.15) is 5.75 Å². The molecule has 2 rings (SSSR count). The Morgan fingerprint density at radius 1 is 1.23 bits per heavy atom. The van der Waals surface area contributed by atoms with Crippen LogP contribution in [0.25, 0.3) is 0 Å². The highest BCUT2D eigenvalue weighted by Gasteiger charge is 2.20. The molecule has 1 aliphatic heterocycles. The number of fused-ring (bicyclic) bond motifs is 1. The second-order valence-corrected chi connectivity index (χ2v) is 5.73. The second kappa shape index (κ2) is 9.34. The van der Waals surface area contributed by atoms with Gasteiger partial charge >= 0.3 is 0 Å². The maximum absolute atomic E-state index is 5.72. The van der Waals surface area contributed by atoms with E-state index in [2.05, 4.69) is 42.7 Å². The summed E-state index contributed by atoms with van der Waals surface area (Å²) in [5.41, 5.74) is 1.29. The molecule has 1 atom stereocenters. The van der Waals surface area contributed by atoms with E-state index < -0.39 is 0 Å². The fourth-order valence-corrected chi connectivity index (χ4v) is 2.73. The summed E-state index contributed by atoms with van der Waals surface area (Å²) in [5, 5.41) is 6.76. The molecular weight excluding hydrogens is 274 g/mol. The zero-order valence-corrected chi connectivity index (χ0v) is 13.9. The van der Waals surface area contributed by atoms with Crippen LogP contribution in [0.1, 0.15) is 51.0 Å². The molecule has 1 unspecified atom stereocenters. The number of nitrogens with zero attached hydrogens (tertiary/aromatic N) is 1. The van der Waals surface area contributed by atoms with Crippen molar-refractivity contribution in [1.29, 1.82) is 0 Å². The van der Waals surface area contributed by atoms with Crippen LogP contribution in [0.15, 0.2) is 29.3 Å². The average Bonchev–Trinajstić information content (AvgIpc) is 2.56. The summed E-state index contributed by atoms with van der Waals surface area (Å²) >= 11 is 0. The van der Waals surface area contributed by atoms with Crippen LogP contribution >= 0.6 is 0 Å². The van der Waals surface area contributed by atoms with E-state index in [-0.39, 0.29) is 0 Å². The molecule has 1 heterocycles. The number of hydrogen-bond acceptors (Lipinski definition) is 2. The summed E-state index contributed by atoms with van der Waals surface area (Å²) in [4.78, 5) is 4.77. The molecule has 1 aromatic rings. The van der Waals surface area contributed by atoms with Gasteiger partial charge in [-0.2, -0.15) is 0 Å². The molecule has 1 aromatic carbocycles. The molecule has 122 valence electrons. The number of unbranched alkanes of at least 4 members (excludes halogenated alkanes) is 2. The van der Waals surface area contributed by atoms with Gasteiger partial charge in [-0.15, -0.1) is 0 Å². The monoisotopic (exact) mass is 303 g/mol. The van der Waals surface area contributed by atoms with E-state index in [1.165, 1.54) is 24.8 Å². The molecule has 0 amide bonds. The molecular formula is C18H29N3O. The second-order valence-electron chi connectivity index (χ2n) is 5.73. The number of guanidine groups is 1. The Morgan fingerprint density at radius 2 is 2.09 bits per heavy atom. The highest BCUT2D eigenvalue weighted by atomic mass is 16.5. The molecule has 22 heavy (non-hydrogen) atoms. The molecule has 1 aliphatic rings. The van der Waals surface area contributed by atoms with Crippen LogP contribution in [-0.2, 0) is 0 Å². The van der Waals surface area contributed by atoms with Gasteiger partial charge in [-0.25, -0.2) is 0 Å². The molecule has 0 bridgehead atoms. The largest absolute Gasteiger partial charge is 0.493 e. The van der Waals surface area contributed by atoms with Crippen LogP contribution < -0.4 is 15.4 Å². The first-order chi connectivity index (χ1) is 10.8. The Kier molecular flexibility index (Phi) is 7.07. The van der Waals surface area contributed by atoms with Gasteiger partial charge in [-0.3, -0.25) is 4.99 Å². The molecule has 0 aromatic heterocycles. The van der Waals surface area contributed by atoms with Crippen LogP contribution in [0.5, 0.6) is 5.75 Å². The van der Waals surface area contributed by atoms with E-state index in [4.69, 9.17) is 9.73 Å². The third kappa shape index (κ3) is 4.93. The minimum Gasteiger partial charge on any atom is -0.493 e. The fourth-order valence-electron chi connectivity index (χ4n) is 2.73. The Hall–Kier alpha value is -1.71. The van der Waals surface area contributed by atoms with Crippen molar-refractivity contribution < 1.29 is 4.74 Å². The smallest absolute Gasteiger partial charge is 0.191 e. The zero-order chi connectivity index (χ0) is 15.6. The van der Waals surface area contributed by atoms with Gasteiger partial charge in [-0.1, -0.05) is 38.0 Å². The van der Waals surface area contributed by atoms with Crippen molar-refractivity contribution in [1.82, 2.24) is 10.6 Å². The Balaban J connectivity index is 1.92. The topological polar surface area (TPSA) is 45.7 Å². The third-order valence-corrected chi connectivity index (χ3v) is 3.97. The lowest BCUT2D eigenvalue weighted by molar-refractivity contribution is 0.269. The molecule has 0 aliphatic carbocycles. The minimum absolute atomic E-state index is 0.455. The molecule has 2 N–H and O–H groups in total. The predicted octanol–water partition coefficient (Wildman–Crippen LogP) is 3.30. The van der Waals surface area contributed by atoms with Gasteiger partial charge in [0, 0.05) is 25.6 Å². The highest BCUT2D eigenvalue weighted by molar-refractivity contribution is 5.79. The minimum atomic E-state index is 0.455. The van der Waals surface area contributed by atoms with Crippen molar-refractivity contribution in [2.75, 3.05) is 26.2 Å². The average molecular weight is 303 g/mol. The van der Waals surface area contributed by atoms with Crippen molar-refractivity contribution in [2.45, 2.75) is 45.4 Å². The lowest BCUT2D eigenvalue weighted by atomic mass is 9.93. The summed E-state index contributed by atoms with van der Waals surface area (Å²) in [5.74, 6) is 2.41. The van der Waals surface area contributed by atoms with E-state index in [0.29, 0.717) is 5.92 Å². The normalized spacial score (nSPS) is 17.5. The summed E-state index contributed by atoms with van der Waals surface area (Å²) in [6, 6.07) is 8.33. The standard InChI is InChI=1S/C18H29N3O/c1-3-5-8-12-20-18(19-4-2)21-14-15-11-13-22-17-10-7-6-9-16(15)17/h6-7,9-10,15H,3-5,8,11-14H2,1-2H3,(H2,19,20,21). The Labute approximate surface area is 134 Å². The number of aliphatic imine (C=N–C) groups is 1. The van der Waals surface area contributed by atoms with Crippen molar-refractivity contribution in [3.8, 4) is 5.75 Å². The quantitative estimate of drug-likeness (QED) is 0.461. The first-order valence-electron chi connectivity index (χ1n) is 8.59. The fraction of sp³-hybridized carbons (Fsp3) is 0.611. The number of para-hydroxylation sites is 1. The predicted molar refractivity (Wildman–Crippen MR) is 92.8 cm³/mol. The summed E-state index contributed by atoms with van der Waals surface area (Å²) in [7, 11) is 0. The van der Waals surface area contributed by atoms with E-state index in [0.717, 1.165) is 44.4 Å². The van der Waals surface area contributed by atoms with Gasteiger partial charge in [0.05, 0.1) is 6.61 Å². The first-order valence-corrected chi connectivity index (χ1v) is 8.59. The van der Waals surface area contributed by atoms with Crippen molar-refractivity contribution >= 4 is 5.96 Å². The molecule has 0 spiro atoms. The summed E-state index contributed by atoms with van der Waals surface area (Å²) in [6.07, 6.45) is 4.74. The van der Waals surface area contributed by atoms with Crippen LogP contribution in [0.2, 0.25) is 0 Å². The van der Waals surface area contributed by atoms with Crippen molar-refractivity contribution in [2.24, 2.45) is 4.99 Å². The number of rotatable bonds is 7. The molecule has 0 radical (unpaired) electrons. The first kappa shape index (κ1) is 16.7.